The zero-order valence-electron chi connectivity index (χ0n) is 15.4. The van der Waals surface area contributed by atoms with E-state index in [-0.39, 0.29) is 5.92 Å². The minimum atomic E-state index is -3.90. The molecule has 26 heavy (non-hydrogen) atoms. The van der Waals surface area contributed by atoms with Gasteiger partial charge in [0.05, 0.1) is 5.60 Å². The lowest BCUT2D eigenvalue weighted by molar-refractivity contribution is -0.197. The second-order valence-electron chi connectivity index (χ2n) is 7.08. The Hall–Kier alpha value is -1.29. The first-order valence-electron chi connectivity index (χ1n) is 8.07. The molecule has 148 valence electrons. The molecule has 1 aromatic rings. The van der Waals surface area contributed by atoms with Crippen molar-refractivity contribution in [3.05, 3.63) is 33.1 Å². The molecule has 1 fully saturated rings. The lowest BCUT2D eigenvalue weighted by atomic mass is 10.0. The van der Waals surface area contributed by atoms with Crippen LogP contribution in [0.25, 0.3) is 0 Å². The molecule has 11 heteroatoms. The minimum Gasteiger partial charge on any atom is -0.367 e. The molecule has 0 radical (unpaired) electrons. The number of hydrogen-bond acceptors (Lipinski definition) is 7. The van der Waals surface area contributed by atoms with Gasteiger partial charge in [-0.2, -0.15) is 0 Å². The quantitative estimate of drug-likeness (QED) is 0.687. The number of ether oxygens (including phenoxy) is 3. The van der Waals surface area contributed by atoms with Gasteiger partial charge in [-0.05, 0) is 20.8 Å². The van der Waals surface area contributed by atoms with Gasteiger partial charge in [0.25, 0.3) is 5.56 Å². The van der Waals surface area contributed by atoms with Gasteiger partial charge in [0, 0.05) is 25.3 Å². The molecule has 0 saturated carbocycles. The zero-order valence-corrected chi connectivity index (χ0v) is 16.3. The summed E-state index contributed by atoms with van der Waals surface area (Å²) in [6, 6.07) is 1.21. The number of nitrogens with zero attached hydrogens (tertiary/aromatic N) is 1. The molecule has 0 bridgehead atoms. The minimum absolute atomic E-state index is 0.344. The van der Waals surface area contributed by atoms with Crippen LogP contribution >= 0.6 is 7.60 Å². The van der Waals surface area contributed by atoms with Crippen LogP contribution in [0, 0.1) is 5.92 Å². The summed E-state index contributed by atoms with van der Waals surface area (Å²) in [5, 5.41) is 0. The van der Waals surface area contributed by atoms with Gasteiger partial charge in [-0.25, -0.2) is 4.79 Å². The highest BCUT2D eigenvalue weighted by atomic mass is 31.2. The van der Waals surface area contributed by atoms with Gasteiger partial charge in [0.2, 0.25) is 0 Å². The van der Waals surface area contributed by atoms with Gasteiger partial charge in [-0.3, -0.25) is 18.9 Å². The lowest BCUT2D eigenvalue weighted by Crippen LogP contribution is -2.38. The summed E-state index contributed by atoms with van der Waals surface area (Å²) >= 11 is 0. The van der Waals surface area contributed by atoms with Crippen LogP contribution < -0.4 is 11.2 Å². The molecule has 1 aliphatic heterocycles. The van der Waals surface area contributed by atoms with Crippen molar-refractivity contribution in [1.29, 1.82) is 0 Å². The molecule has 0 aliphatic carbocycles. The van der Waals surface area contributed by atoms with Crippen LogP contribution in [0.3, 0.4) is 0 Å². The van der Waals surface area contributed by atoms with Crippen LogP contribution in [0.4, 0.5) is 0 Å². The third-order valence-electron chi connectivity index (χ3n) is 3.81. The fourth-order valence-electron chi connectivity index (χ4n) is 2.62. The van der Waals surface area contributed by atoms with Gasteiger partial charge < -0.3 is 23.6 Å². The monoisotopic (exact) mass is 392 g/mol. The van der Waals surface area contributed by atoms with Crippen molar-refractivity contribution in [2.75, 3.05) is 13.5 Å². The third-order valence-corrected chi connectivity index (χ3v) is 4.86. The van der Waals surface area contributed by atoms with Crippen molar-refractivity contribution in [3.8, 4) is 0 Å². The van der Waals surface area contributed by atoms with E-state index in [2.05, 4.69) is 9.51 Å². The molecule has 1 aromatic heterocycles. The number of H-pyrrole nitrogens is 1. The van der Waals surface area contributed by atoms with Crippen molar-refractivity contribution >= 4 is 7.60 Å². The average Bonchev–Trinajstić information content (AvgIpc) is 2.81. The van der Waals surface area contributed by atoms with Crippen molar-refractivity contribution in [2.45, 2.75) is 51.9 Å². The molecular formula is C15H25N2O8P. The number of nitrogens with one attached hydrogen (secondary N) is 1. The van der Waals surface area contributed by atoms with E-state index in [1.807, 2.05) is 20.8 Å². The molecule has 2 N–H and O–H groups in total. The molecule has 1 aliphatic rings. The summed E-state index contributed by atoms with van der Waals surface area (Å²) in [5.41, 5.74) is -1.69. The van der Waals surface area contributed by atoms with E-state index in [0.29, 0.717) is 0 Å². The Morgan fingerprint density at radius 1 is 1.38 bits per heavy atom. The number of rotatable bonds is 6. The Balaban J connectivity index is 2.28. The fraction of sp³-hybridized carbons (Fsp3) is 0.733. The van der Waals surface area contributed by atoms with E-state index in [0.717, 1.165) is 7.11 Å². The summed E-state index contributed by atoms with van der Waals surface area (Å²) in [6.45, 7) is 7.35. The molecule has 0 spiro atoms. The van der Waals surface area contributed by atoms with Crippen molar-refractivity contribution in [2.24, 2.45) is 5.92 Å². The first kappa shape index (κ1) is 21.0. The summed E-state index contributed by atoms with van der Waals surface area (Å²) < 4.78 is 34.6. The Kier molecular flexibility index (Phi) is 6.27. The van der Waals surface area contributed by atoms with Gasteiger partial charge in [0.1, 0.15) is 12.3 Å². The first-order chi connectivity index (χ1) is 11.9. The summed E-state index contributed by atoms with van der Waals surface area (Å²) in [5.74, 6) is -0.344. The van der Waals surface area contributed by atoms with E-state index < -0.39 is 49.4 Å². The molecular weight excluding hydrogens is 367 g/mol. The van der Waals surface area contributed by atoms with Crippen LogP contribution in [0.2, 0.25) is 0 Å². The molecule has 0 amide bonds. The standard InChI is InChI=1S/C15H25N2O8P/c1-9-11(25-15(2,3)4)13(23-8-26(20,21)22-5)24-12(9)17-7-6-10(18)16-14(17)19/h6-7,9,11-13H,8H2,1-5H3,(H,20,21)(H,16,18,19)/t9-,11+,12-,13+/m1/s1. The number of aromatic amines is 1. The van der Waals surface area contributed by atoms with E-state index in [1.165, 1.54) is 16.8 Å². The maximum Gasteiger partial charge on any atom is 0.353 e. The van der Waals surface area contributed by atoms with Gasteiger partial charge in [-0.15, -0.1) is 0 Å². The fourth-order valence-corrected chi connectivity index (χ4v) is 3.06. The molecule has 0 aromatic carbocycles. The van der Waals surface area contributed by atoms with Crippen molar-refractivity contribution in [1.82, 2.24) is 9.55 Å². The Morgan fingerprint density at radius 3 is 2.58 bits per heavy atom. The predicted octanol–water partition coefficient (Wildman–Crippen LogP) is 1.02. The zero-order chi connectivity index (χ0) is 19.7. The second-order valence-corrected chi connectivity index (χ2v) is 8.98. The van der Waals surface area contributed by atoms with Crippen LogP contribution in [0.5, 0.6) is 0 Å². The highest BCUT2D eigenvalue weighted by Crippen LogP contribution is 2.44. The van der Waals surface area contributed by atoms with E-state index in [1.54, 1.807) is 6.92 Å². The van der Waals surface area contributed by atoms with E-state index in [9.17, 15) is 19.0 Å². The predicted molar refractivity (Wildman–Crippen MR) is 91.8 cm³/mol. The van der Waals surface area contributed by atoms with Crippen molar-refractivity contribution < 1.29 is 28.2 Å². The van der Waals surface area contributed by atoms with Crippen LogP contribution in [-0.4, -0.2) is 45.9 Å². The van der Waals surface area contributed by atoms with Crippen LogP contribution in [-0.2, 0) is 23.3 Å². The average molecular weight is 392 g/mol. The normalized spacial score (nSPS) is 28.8. The topological polar surface area (TPSA) is 129 Å². The van der Waals surface area contributed by atoms with Gasteiger partial charge in [0.15, 0.2) is 12.6 Å². The molecule has 5 atom stereocenters. The highest BCUT2D eigenvalue weighted by Gasteiger charge is 2.47. The Morgan fingerprint density at radius 2 is 2.04 bits per heavy atom. The smallest absolute Gasteiger partial charge is 0.353 e. The van der Waals surface area contributed by atoms with Gasteiger partial charge >= 0.3 is 13.3 Å². The number of hydrogen-bond donors (Lipinski definition) is 2. The molecule has 2 rings (SSSR count). The van der Waals surface area contributed by atoms with Crippen LogP contribution in [0.15, 0.2) is 21.9 Å². The van der Waals surface area contributed by atoms with E-state index in [4.69, 9.17) is 14.2 Å². The third kappa shape index (κ3) is 5.12. The number of aromatic nitrogens is 2. The van der Waals surface area contributed by atoms with Gasteiger partial charge in [-0.1, -0.05) is 6.92 Å². The maximum absolute atomic E-state index is 12.1. The maximum atomic E-state index is 12.1. The lowest BCUT2D eigenvalue weighted by Gasteiger charge is -2.30. The SMILES string of the molecule is COP(=O)(O)CO[C@H]1O[C@@H](n2ccc(=O)[nH]c2=O)[C@H](C)[C@@H]1OC(C)(C)C. The second kappa shape index (κ2) is 7.75. The largest absolute Gasteiger partial charge is 0.367 e. The first-order valence-corrected chi connectivity index (χ1v) is 9.84. The summed E-state index contributed by atoms with van der Waals surface area (Å²) in [7, 11) is -2.80. The molecule has 1 unspecified atom stereocenters. The highest BCUT2D eigenvalue weighted by molar-refractivity contribution is 7.52. The van der Waals surface area contributed by atoms with E-state index >= 15 is 0 Å². The Bertz CT molecular complexity index is 783. The summed E-state index contributed by atoms with van der Waals surface area (Å²) in [4.78, 5) is 35.1. The molecule has 10 nitrogen and oxygen atoms in total. The summed E-state index contributed by atoms with van der Waals surface area (Å²) in [6.07, 6.45) is -1.65. The molecule has 1 saturated heterocycles. The van der Waals surface area contributed by atoms with Crippen LogP contribution in [0.1, 0.15) is 33.9 Å². The van der Waals surface area contributed by atoms with Crippen molar-refractivity contribution in [3.63, 3.8) is 0 Å². The molecule has 2 heterocycles. The Labute approximate surface area is 150 Å².